The predicted molar refractivity (Wildman–Crippen MR) is 94.1 cm³/mol. The van der Waals surface area contributed by atoms with Crippen LogP contribution in [0.25, 0.3) is 0 Å². The Morgan fingerprint density at radius 1 is 1.04 bits per heavy atom. The van der Waals surface area contributed by atoms with Crippen molar-refractivity contribution in [3.05, 3.63) is 53.6 Å². The number of rotatable bonds is 4. The van der Waals surface area contributed by atoms with Crippen LogP contribution in [0.3, 0.4) is 0 Å². The molecule has 0 aromatic heterocycles. The molecule has 2 aromatic rings. The molecule has 1 aliphatic heterocycles. The van der Waals surface area contributed by atoms with Crippen molar-refractivity contribution in [1.82, 2.24) is 5.32 Å². The topological polar surface area (TPSA) is 78.5 Å². The lowest BCUT2D eigenvalue weighted by atomic mass is 10.2. The van der Waals surface area contributed by atoms with Crippen molar-refractivity contribution in [2.24, 2.45) is 0 Å². The van der Waals surface area contributed by atoms with Crippen LogP contribution in [-0.2, 0) is 10.0 Å². The molecule has 0 unspecified atom stereocenters. The van der Waals surface area contributed by atoms with Crippen LogP contribution in [-0.4, -0.2) is 27.5 Å². The number of nitrogens with one attached hydrogen (secondary N) is 2. The molecule has 0 radical (unpaired) electrons. The molecule has 1 saturated heterocycles. The number of anilines is 2. The summed E-state index contributed by atoms with van der Waals surface area (Å²) in [6, 6.07) is 12.5. The number of halogens is 1. The van der Waals surface area contributed by atoms with Crippen LogP contribution in [0.2, 0.25) is 5.02 Å². The SMILES string of the molecule is O=C1NCCCN1c1ccc(NS(=O)(=O)c2ccc(Cl)cc2)cc1. The number of carbonyl (C=O) groups is 1. The number of hydrogen-bond acceptors (Lipinski definition) is 3. The fourth-order valence-corrected chi connectivity index (χ4v) is 3.60. The van der Waals surface area contributed by atoms with E-state index in [1.165, 1.54) is 24.3 Å². The molecule has 24 heavy (non-hydrogen) atoms. The third kappa shape index (κ3) is 3.63. The van der Waals surface area contributed by atoms with E-state index in [2.05, 4.69) is 10.0 Å². The van der Waals surface area contributed by atoms with Crippen molar-refractivity contribution in [1.29, 1.82) is 0 Å². The Kier molecular flexibility index (Phi) is 4.64. The lowest BCUT2D eigenvalue weighted by Gasteiger charge is -2.27. The fourth-order valence-electron chi connectivity index (χ4n) is 2.41. The number of urea groups is 1. The van der Waals surface area contributed by atoms with Crippen molar-refractivity contribution >= 4 is 39.0 Å². The van der Waals surface area contributed by atoms with Crippen molar-refractivity contribution in [2.75, 3.05) is 22.7 Å². The van der Waals surface area contributed by atoms with Crippen molar-refractivity contribution in [3.63, 3.8) is 0 Å². The first-order valence-corrected chi connectivity index (χ1v) is 9.26. The lowest BCUT2D eigenvalue weighted by Crippen LogP contribution is -2.46. The molecule has 126 valence electrons. The Balaban J connectivity index is 1.76. The maximum Gasteiger partial charge on any atom is 0.321 e. The number of sulfonamides is 1. The van der Waals surface area contributed by atoms with E-state index in [0.29, 0.717) is 23.8 Å². The minimum absolute atomic E-state index is 0.131. The standard InChI is InChI=1S/C16H16ClN3O3S/c17-12-2-8-15(9-3-12)24(22,23)19-13-4-6-14(7-5-13)20-11-1-10-18-16(20)21/h2-9,19H,1,10-11H2,(H,18,21). The van der Waals surface area contributed by atoms with E-state index in [9.17, 15) is 13.2 Å². The second-order valence-electron chi connectivity index (χ2n) is 5.34. The van der Waals surface area contributed by atoms with Crippen LogP contribution in [0.15, 0.2) is 53.4 Å². The largest absolute Gasteiger partial charge is 0.338 e. The Hall–Kier alpha value is -2.25. The smallest absolute Gasteiger partial charge is 0.321 e. The molecule has 1 fully saturated rings. The van der Waals surface area contributed by atoms with Gasteiger partial charge in [0.2, 0.25) is 0 Å². The van der Waals surface area contributed by atoms with Gasteiger partial charge < -0.3 is 5.32 Å². The Labute approximate surface area is 145 Å². The first-order valence-electron chi connectivity index (χ1n) is 7.39. The zero-order valence-electron chi connectivity index (χ0n) is 12.7. The van der Waals surface area contributed by atoms with Gasteiger partial charge in [0.1, 0.15) is 0 Å². The molecule has 0 aliphatic carbocycles. The van der Waals surface area contributed by atoms with Gasteiger partial charge in [-0.2, -0.15) is 0 Å². The van der Waals surface area contributed by atoms with Gasteiger partial charge in [-0.05, 0) is 55.0 Å². The molecule has 2 aromatic carbocycles. The molecular formula is C16H16ClN3O3S. The number of hydrogen-bond donors (Lipinski definition) is 2. The third-order valence-electron chi connectivity index (χ3n) is 3.64. The lowest BCUT2D eigenvalue weighted by molar-refractivity contribution is 0.243. The molecule has 2 N–H and O–H groups in total. The molecule has 0 bridgehead atoms. The van der Waals surface area contributed by atoms with E-state index in [1.54, 1.807) is 29.2 Å². The minimum Gasteiger partial charge on any atom is -0.338 e. The van der Waals surface area contributed by atoms with Gasteiger partial charge in [0.15, 0.2) is 0 Å². The van der Waals surface area contributed by atoms with E-state index >= 15 is 0 Å². The van der Waals surface area contributed by atoms with Crippen molar-refractivity contribution < 1.29 is 13.2 Å². The zero-order valence-corrected chi connectivity index (χ0v) is 14.3. The molecule has 0 atom stereocenters. The summed E-state index contributed by atoms with van der Waals surface area (Å²) in [7, 11) is -3.68. The molecule has 0 spiro atoms. The molecule has 0 saturated carbocycles. The summed E-state index contributed by atoms with van der Waals surface area (Å²) in [5, 5.41) is 3.24. The molecular weight excluding hydrogens is 350 g/mol. The summed E-state index contributed by atoms with van der Waals surface area (Å²) >= 11 is 5.77. The maximum atomic E-state index is 12.3. The summed E-state index contributed by atoms with van der Waals surface area (Å²) < 4.78 is 27.2. The van der Waals surface area contributed by atoms with E-state index in [4.69, 9.17) is 11.6 Å². The summed E-state index contributed by atoms with van der Waals surface area (Å²) in [4.78, 5) is 13.6. The first-order chi connectivity index (χ1) is 11.5. The normalized spacial score (nSPS) is 15.0. The Morgan fingerprint density at radius 3 is 2.33 bits per heavy atom. The average molecular weight is 366 g/mol. The zero-order chi connectivity index (χ0) is 17.2. The fraction of sp³-hybridized carbons (Fsp3) is 0.188. The van der Waals surface area contributed by atoms with Gasteiger partial charge in [-0.25, -0.2) is 13.2 Å². The van der Waals surface area contributed by atoms with E-state index in [1.807, 2.05) is 0 Å². The van der Waals surface area contributed by atoms with Gasteiger partial charge in [0.05, 0.1) is 4.90 Å². The molecule has 2 amide bonds. The highest BCUT2D eigenvalue weighted by Crippen LogP contribution is 2.22. The van der Waals surface area contributed by atoms with Crippen LogP contribution in [0.1, 0.15) is 6.42 Å². The summed E-state index contributed by atoms with van der Waals surface area (Å²) in [6.07, 6.45) is 0.872. The minimum atomic E-state index is -3.68. The van der Waals surface area contributed by atoms with Crippen LogP contribution < -0.4 is 14.9 Å². The van der Waals surface area contributed by atoms with Gasteiger partial charge in [-0.3, -0.25) is 9.62 Å². The van der Waals surface area contributed by atoms with Gasteiger partial charge in [0.25, 0.3) is 10.0 Å². The third-order valence-corrected chi connectivity index (χ3v) is 5.28. The van der Waals surface area contributed by atoms with Gasteiger partial charge in [-0.15, -0.1) is 0 Å². The highest BCUT2D eigenvalue weighted by molar-refractivity contribution is 7.92. The van der Waals surface area contributed by atoms with E-state index < -0.39 is 10.0 Å². The van der Waals surface area contributed by atoms with Crippen molar-refractivity contribution in [3.8, 4) is 0 Å². The van der Waals surface area contributed by atoms with Crippen LogP contribution in [0, 0.1) is 0 Å². The Morgan fingerprint density at radius 2 is 1.71 bits per heavy atom. The monoisotopic (exact) mass is 365 g/mol. The quantitative estimate of drug-likeness (QED) is 0.874. The molecule has 8 heteroatoms. The summed E-state index contributed by atoms with van der Waals surface area (Å²) in [5.74, 6) is 0. The first kappa shape index (κ1) is 16.6. The van der Waals surface area contributed by atoms with Gasteiger partial charge in [0, 0.05) is 29.5 Å². The summed E-state index contributed by atoms with van der Waals surface area (Å²) in [5.41, 5.74) is 1.15. The second-order valence-corrected chi connectivity index (χ2v) is 7.46. The molecule has 1 aliphatic rings. The average Bonchev–Trinajstić information content (AvgIpc) is 2.56. The predicted octanol–water partition coefficient (Wildman–Crippen LogP) is 3.06. The van der Waals surface area contributed by atoms with Crippen molar-refractivity contribution in [2.45, 2.75) is 11.3 Å². The highest BCUT2D eigenvalue weighted by atomic mass is 35.5. The second kappa shape index (κ2) is 6.70. The van der Waals surface area contributed by atoms with E-state index in [0.717, 1.165) is 12.1 Å². The molecule has 3 rings (SSSR count). The number of amides is 2. The number of benzene rings is 2. The number of carbonyl (C=O) groups excluding carboxylic acids is 1. The van der Waals surface area contributed by atoms with Gasteiger partial charge >= 0.3 is 6.03 Å². The maximum absolute atomic E-state index is 12.3. The summed E-state index contributed by atoms with van der Waals surface area (Å²) in [6.45, 7) is 1.32. The van der Waals surface area contributed by atoms with Crippen LogP contribution >= 0.6 is 11.6 Å². The van der Waals surface area contributed by atoms with Crippen LogP contribution in [0.4, 0.5) is 16.2 Å². The van der Waals surface area contributed by atoms with Crippen LogP contribution in [0.5, 0.6) is 0 Å². The Bertz CT molecular complexity index is 836. The van der Waals surface area contributed by atoms with Gasteiger partial charge in [-0.1, -0.05) is 11.6 Å². The highest BCUT2D eigenvalue weighted by Gasteiger charge is 2.19. The number of nitrogens with zero attached hydrogens (tertiary/aromatic N) is 1. The molecule has 6 nitrogen and oxygen atoms in total. The molecule has 1 heterocycles. The van der Waals surface area contributed by atoms with E-state index in [-0.39, 0.29) is 10.9 Å².